The molecule has 1 unspecified atom stereocenters. The third-order valence-electron chi connectivity index (χ3n) is 3.92. The van der Waals surface area contributed by atoms with Gasteiger partial charge in [0, 0.05) is 24.2 Å². The highest BCUT2D eigenvalue weighted by molar-refractivity contribution is 9.10. The van der Waals surface area contributed by atoms with Gasteiger partial charge in [0.1, 0.15) is 0 Å². The monoisotopic (exact) mass is 325 g/mol. The van der Waals surface area contributed by atoms with E-state index < -0.39 is 0 Å². The van der Waals surface area contributed by atoms with Gasteiger partial charge in [-0.1, -0.05) is 28.1 Å². The van der Waals surface area contributed by atoms with Crippen molar-refractivity contribution < 1.29 is 9.90 Å². The number of aliphatic hydroxyl groups excluding tert-OH is 1. The van der Waals surface area contributed by atoms with Crippen LogP contribution in [-0.4, -0.2) is 35.6 Å². The fourth-order valence-corrected chi connectivity index (χ4v) is 2.77. The lowest BCUT2D eigenvalue weighted by Gasteiger charge is -2.33. The second kappa shape index (κ2) is 6.53. The quantitative estimate of drug-likeness (QED) is 0.928. The van der Waals surface area contributed by atoms with Crippen LogP contribution < -0.4 is 0 Å². The lowest BCUT2D eigenvalue weighted by atomic mass is 9.95. The number of carbonyl (C=O) groups excluding carboxylic acids is 1. The molecule has 0 bridgehead atoms. The summed E-state index contributed by atoms with van der Waals surface area (Å²) >= 11 is 3.40. The predicted molar refractivity (Wildman–Crippen MR) is 78.9 cm³/mol. The molecule has 0 aliphatic carbocycles. The molecule has 1 aromatic rings. The normalized spacial score (nSPS) is 18.4. The highest BCUT2D eigenvalue weighted by Gasteiger charge is 2.26. The number of carbonyl (C=O) groups is 1. The molecule has 0 spiro atoms. The number of hydrogen-bond donors (Lipinski definition) is 1. The van der Waals surface area contributed by atoms with Gasteiger partial charge in [-0.05, 0) is 43.4 Å². The molecule has 4 heteroatoms. The summed E-state index contributed by atoms with van der Waals surface area (Å²) in [6, 6.07) is 7.93. The van der Waals surface area contributed by atoms with Crippen LogP contribution in [0.1, 0.15) is 31.2 Å². The maximum Gasteiger partial charge on any atom is 0.229 e. The average Bonchev–Trinajstić information content (AvgIpc) is 2.46. The zero-order valence-corrected chi connectivity index (χ0v) is 12.8. The number of benzene rings is 1. The third-order valence-corrected chi connectivity index (χ3v) is 4.45. The van der Waals surface area contributed by atoms with Gasteiger partial charge in [0.15, 0.2) is 0 Å². The van der Waals surface area contributed by atoms with Crippen molar-refractivity contribution in [2.24, 2.45) is 5.92 Å². The average molecular weight is 326 g/mol. The van der Waals surface area contributed by atoms with Crippen molar-refractivity contribution in [3.8, 4) is 0 Å². The minimum absolute atomic E-state index is 0.0984. The minimum atomic E-state index is -0.0984. The second-order valence-corrected chi connectivity index (χ2v) is 6.14. The highest BCUT2D eigenvalue weighted by atomic mass is 79.9. The molecule has 0 saturated carbocycles. The van der Waals surface area contributed by atoms with Gasteiger partial charge in [-0.25, -0.2) is 0 Å². The summed E-state index contributed by atoms with van der Waals surface area (Å²) in [6.07, 6.45) is 1.82. The summed E-state index contributed by atoms with van der Waals surface area (Å²) in [5.74, 6) is 0.463. The van der Waals surface area contributed by atoms with Crippen LogP contribution in [0.2, 0.25) is 0 Å². The molecule has 0 radical (unpaired) electrons. The molecule has 1 fully saturated rings. The zero-order chi connectivity index (χ0) is 13.8. The van der Waals surface area contributed by atoms with Gasteiger partial charge >= 0.3 is 0 Å². The first-order valence-electron chi connectivity index (χ1n) is 6.77. The number of rotatable bonds is 3. The molecular formula is C15H20BrNO2. The molecule has 1 aliphatic rings. The van der Waals surface area contributed by atoms with Crippen molar-refractivity contribution in [3.05, 3.63) is 34.3 Å². The standard InChI is InChI=1S/C15H20BrNO2/c1-11(13-2-4-14(16)5-3-13)15(19)17-8-6-12(10-18)7-9-17/h2-5,11-12,18H,6-10H2,1H3. The maximum absolute atomic E-state index is 12.4. The number of amides is 1. The van der Waals surface area contributed by atoms with Gasteiger partial charge in [-0.3, -0.25) is 4.79 Å². The first kappa shape index (κ1) is 14.5. The van der Waals surface area contributed by atoms with Crippen LogP contribution in [0, 0.1) is 5.92 Å². The minimum Gasteiger partial charge on any atom is -0.396 e. The molecule has 1 aliphatic heterocycles. The van der Waals surface area contributed by atoms with E-state index in [1.807, 2.05) is 36.1 Å². The molecule has 2 rings (SSSR count). The van der Waals surface area contributed by atoms with Gasteiger partial charge in [0.2, 0.25) is 5.91 Å². The molecule has 1 saturated heterocycles. The van der Waals surface area contributed by atoms with Crippen molar-refractivity contribution in [3.63, 3.8) is 0 Å². The molecule has 104 valence electrons. The molecule has 1 aromatic carbocycles. The lowest BCUT2D eigenvalue weighted by molar-refractivity contribution is -0.134. The van der Waals surface area contributed by atoms with E-state index in [1.54, 1.807) is 0 Å². The first-order chi connectivity index (χ1) is 9.11. The van der Waals surface area contributed by atoms with Gasteiger partial charge < -0.3 is 10.0 Å². The van der Waals surface area contributed by atoms with Crippen LogP contribution in [0.5, 0.6) is 0 Å². The Kier molecular flexibility index (Phi) is 4.99. The highest BCUT2D eigenvalue weighted by Crippen LogP contribution is 2.24. The lowest BCUT2D eigenvalue weighted by Crippen LogP contribution is -2.41. The summed E-state index contributed by atoms with van der Waals surface area (Å²) in [7, 11) is 0. The van der Waals surface area contributed by atoms with Crippen LogP contribution in [0.15, 0.2) is 28.7 Å². The van der Waals surface area contributed by atoms with E-state index in [0.29, 0.717) is 5.92 Å². The number of hydrogen-bond acceptors (Lipinski definition) is 2. The third kappa shape index (κ3) is 3.57. The number of nitrogens with zero attached hydrogens (tertiary/aromatic N) is 1. The topological polar surface area (TPSA) is 40.5 Å². The van der Waals surface area contributed by atoms with Gasteiger partial charge in [-0.15, -0.1) is 0 Å². The van der Waals surface area contributed by atoms with Crippen molar-refractivity contribution >= 4 is 21.8 Å². The number of halogens is 1. The first-order valence-corrected chi connectivity index (χ1v) is 7.56. The van der Waals surface area contributed by atoms with Gasteiger partial charge in [0.05, 0.1) is 5.92 Å². The second-order valence-electron chi connectivity index (χ2n) is 5.22. The Morgan fingerprint density at radius 3 is 2.47 bits per heavy atom. The summed E-state index contributed by atoms with van der Waals surface area (Å²) in [6.45, 7) is 3.74. The fourth-order valence-electron chi connectivity index (χ4n) is 2.50. The Bertz CT molecular complexity index is 424. The Morgan fingerprint density at radius 1 is 1.37 bits per heavy atom. The summed E-state index contributed by atoms with van der Waals surface area (Å²) < 4.78 is 1.03. The molecule has 1 N–H and O–H groups in total. The molecule has 1 heterocycles. The number of piperidine rings is 1. The fraction of sp³-hybridized carbons (Fsp3) is 0.533. The Balaban J connectivity index is 1.98. The summed E-state index contributed by atoms with van der Waals surface area (Å²) in [5.41, 5.74) is 1.05. The molecule has 3 nitrogen and oxygen atoms in total. The molecule has 1 atom stereocenters. The van der Waals surface area contributed by atoms with Crippen LogP contribution in [0.25, 0.3) is 0 Å². The molecule has 1 amide bonds. The number of aliphatic hydroxyl groups is 1. The van der Waals surface area contributed by atoms with Crippen molar-refractivity contribution in [2.45, 2.75) is 25.7 Å². The maximum atomic E-state index is 12.4. The van der Waals surface area contributed by atoms with E-state index in [4.69, 9.17) is 5.11 Å². The predicted octanol–water partition coefficient (Wildman–Crippen LogP) is 2.78. The Labute approximate surface area is 122 Å². The van der Waals surface area contributed by atoms with Gasteiger partial charge in [-0.2, -0.15) is 0 Å². The smallest absolute Gasteiger partial charge is 0.229 e. The summed E-state index contributed by atoms with van der Waals surface area (Å²) in [4.78, 5) is 14.4. The van der Waals surface area contributed by atoms with Crippen molar-refractivity contribution in [1.29, 1.82) is 0 Å². The Hall–Kier alpha value is -0.870. The largest absolute Gasteiger partial charge is 0.396 e. The van der Waals surface area contributed by atoms with Crippen LogP contribution >= 0.6 is 15.9 Å². The van der Waals surface area contributed by atoms with E-state index in [0.717, 1.165) is 36.0 Å². The van der Waals surface area contributed by atoms with Crippen molar-refractivity contribution in [2.75, 3.05) is 19.7 Å². The van der Waals surface area contributed by atoms with E-state index in [-0.39, 0.29) is 18.4 Å². The molecule has 0 aromatic heterocycles. The zero-order valence-electron chi connectivity index (χ0n) is 11.2. The Morgan fingerprint density at radius 2 is 1.95 bits per heavy atom. The van der Waals surface area contributed by atoms with E-state index in [1.165, 1.54) is 0 Å². The molecular weight excluding hydrogens is 306 g/mol. The number of likely N-dealkylation sites (tertiary alicyclic amines) is 1. The van der Waals surface area contributed by atoms with Crippen LogP contribution in [0.4, 0.5) is 0 Å². The van der Waals surface area contributed by atoms with Gasteiger partial charge in [0.25, 0.3) is 0 Å². The van der Waals surface area contributed by atoms with Crippen LogP contribution in [-0.2, 0) is 4.79 Å². The molecule has 19 heavy (non-hydrogen) atoms. The SMILES string of the molecule is CC(C(=O)N1CCC(CO)CC1)c1ccc(Br)cc1. The van der Waals surface area contributed by atoms with E-state index in [2.05, 4.69) is 15.9 Å². The summed E-state index contributed by atoms with van der Waals surface area (Å²) in [5, 5.41) is 9.12. The van der Waals surface area contributed by atoms with E-state index >= 15 is 0 Å². The van der Waals surface area contributed by atoms with Crippen LogP contribution in [0.3, 0.4) is 0 Å². The van der Waals surface area contributed by atoms with E-state index in [9.17, 15) is 4.79 Å². The van der Waals surface area contributed by atoms with Crippen molar-refractivity contribution in [1.82, 2.24) is 4.90 Å².